The Kier molecular flexibility index (Phi) is 3.77. The smallest absolute Gasteiger partial charge is 0.0473 e. The molecule has 72 valence electrons. The number of aliphatic hydroxyl groups excluding tert-OH is 1. The Bertz CT molecular complexity index is 260. The van der Waals surface area contributed by atoms with E-state index in [0.29, 0.717) is 5.92 Å². The minimum atomic E-state index is 0.235. The van der Waals surface area contributed by atoms with Crippen molar-refractivity contribution >= 4 is 5.69 Å². The van der Waals surface area contributed by atoms with Gasteiger partial charge in [0.15, 0.2) is 0 Å². The van der Waals surface area contributed by atoms with Crippen LogP contribution in [0.5, 0.6) is 0 Å². The molecule has 0 aliphatic carbocycles. The Hall–Kier alpha value is -1.02. The van der Waals surface area contributed by atoms with Crippen molar-refractivity contribution in [2.45, 2.75) is 13.8 Å². The molecule has 0 radical (unpaired) electrons. The molecule has 1 aromatic rings. The van der Waals surface area contributed by atoms with E-state index in [1.165, 1.54) is 5.56 Å². The molecule has 1 rings (SSSR count). The Morgan fingerprint density at radius 1 is 1.46 bits per heavy atom. The summed E-state index contributed by atoms with van der Waals surface area (Å²) < 4.78 is 0. The van der Waals surface area contributed by atoms with E-state index in [0.717, 1.165) is 12.2 Å². The third kappa shape index (κ3) is 3.47. The van der Waals surface area contributed by atoms with Crippen molar-refractivity contribution in [2.24, 2.45) is 5.92 Å². The number of hydrogen-bond acceptors (Lipinski definition) is 2. The summed E-state index contributed by atoms with van der Waals surface area (Å²) in [7, 11) is 0. The van der Waals surface area contributed by atoms with Gasteiger partial charge in [-0.3, -0.25) is 0 Å². The van der Waals surface area contributed by atoms with Crippen LogP contribution >= 0.6 is 0 Å². The molecule has 1 aromatic carbocycles. The van der Waals surface area contributed by atoms with Crippen LogP contribution in [0.2, 0.25) is 0 Å². The third-order valence-electron chi connectivity index (χ3n) is 1.98. The number of anilines is 1. The van der Waals surface area contributed by atoms with Crippen LogP contribution < -0.4 is 5.32 Å². The number of aryl methyl sites for hydroxylation is 1. The Morgan fingerprint density at radius 3 is 2.85 bits per heavy atom. The molecule has 2 nitrogen and oxygen atoms in total. The molecule has 2 heteroatoms. The third-order valence-corrected chi connectivity index (χ3v) is 1.98. The van der Waals surface area contributed by atoms with Gasteiger partial charge in [0.2, 0.25) is 0 Å². The molecule has 0 aliphatic heterocycles. The maximum atomic E-state index is 8.83. The highest BCUT2D eigenvalue weighted by Gasteiger charge is 1.98. The molecule has 0 saturated carbocycles. The van der Waals surface area contributed by atoms with Gasteiger partial charge in [0.05, 0.1) is 0 Å². The number of rotatable bonds is 4. The second-order valence-corrected chi connectivity index (χ2v) is 3.54. The van der Waals surface area contributed by atoms with E-state index >= 15 is 0 Å². The van der Waals surface area contributed by atoms with E-state index in [-0.39, 0.29) is 6.61 Å². The minimum Gasteiger partial charge on any atom is -0.396 e. The van der Waals surface area contributed by atoms with E-state index in [4.69, 9.17) is 5.11 Å². The largest absolute Gasteiger partial charge is 0.396 e. The maximum Gasteiger partial charge on any atom is 0.0473 e. The number of benzene rings is 1. The molecule has 0 amide bonds. The second kappa shape index (κ2) is 4.87. The number of hydrogen-bond donors (Lipinski definition) is 2. The molecule has 2 N–H and O–H groups in total. The van der Waals surface area contributed by atoms with Crippen molar-refractivity contribution in [2.75, 3.05) is 18.5 Å². The molecular formula is C11H17NO. The SMILES string of the molecule is Cc1cccc(NCC(C)CO)c1. The highest BCUT2D eigenvalue weighted by molar-refractivity contribution is 5.45. The number of aliphatic hydroxyl groups is 1. The molecule has 0 fully saturated rings. The highest BCUT2D eigenvalue weighted by Crippen LogP contribution is 2.09. The summed E-state index contributed by atoms with van der Waals surface area (Å²) in [6.45, 7) is 5.14. The molecule has 0 aliphatic rings. The fourth-order valence-corrected chi connectivity index (χ4v) is 1.11. The van der Waals surface area contributed by atoms with Crippen molar-refractivity contribution in [3.63, 3.8) is 0 Å². The predicted molar refractivity (Wildman–Crippen MR) is 55.9 cm³/mol. The first kappa shape index (κ1) is 10.1. The van der Waals surface area contributed by atoms with Crippen LogP contribution in [-0.2, 0) is 0 Å². The molecule has 1 atom stereocenters. The lowest BCUT2D eigenvalue weighted by Gasteiger charge is -2.10. The fourth-order valence-electron chi connectivity index (χ4n) is 1.11. The van der Waals surface area contributed by atoms with Crippen LogP contribution in [0, 0.1) is 12.8 Å². The predicted octanol–water partition coefficient (Wildman–Crippen LogP) is 2.04. The highest BCUT2D eigenvalue weighted by atomic mass is 16.3. The quantitative estimate of drug-likeness (QED) is 0.741. The Morgan fingerprint density at radius 2 is 2.23 bits per heavy atom. The fraction of sp³-hybridized carbons (Fsp3) is 0.455. The molecule has 13 heavy (non-hydrogen) atoms. The topological polar surface area (TPSA) is 32.3 Å². The zero-order chi connectivity index (χ0) is 9.68. The van der Waals surface area contributed by atoms with Crippen molar-refractivity contribution in [3.05, 3.63) is 29.8 Å². The monoisotopic (exact) mass is 179 g/mol. The van der Waals surface area contributed by atoms with E-state index in [1.54, 1.807) is 0 Å². The van der Waals surface area contributed by atoms with Gasteiger partial charge in [0, 0.05) is 18.8 Å². The first-order valence-electron chi connectivity index (χ1n) is 4.63. The summed E-state index contributed by atoms with van der Waals surface area (Å²) in [5.74, 6) is 0.306. The Labute approximate surface area is 79.6 Å². The summed E-state index contributed by atoms with van der Waals surface area (Å²) in [6.07, 6.45) is 0. The lowest BCUT2D eigenvalue weighted by Crippen LogP contribution is -2.14. The van der Waals surface area contributed by atoms with Gasteiger partial charge in [-0.05, 0) is 30.5 Å². The van der Waals surface area contributed by atoms with Gasteiger partial charge in [-0.1, -0.05) is 19.1 Å². The first-order chi connectivity index (χ1) is 6.22. The molecule has 0 saturated heterocycles. The molecule has 0 bridgehead atoms. The van der Waals surface area contributed by atoms with E-state index in [1.807, 2.05) is 19.1 Å². The lowest BCUT2D eigenvalue weighted by atomic mass is 10.2. The zero-order valence-corrected chi connectivity index (χ0v) is 8.25. The summed E-state index contributed by atoms with van der Waals surface area (Å²) in [4.78, 5) is 0. The van der Waals surface area contributed by atoms with Crippen LogP contribution in [-0.4, -0.2) is 18.3 Å². The van der Waals surface area contributed by atoms with Crippen LogP contribution in [0.3, 0.4) is 0 Å². The minimum absolute atomic E-state index is 0.235. The van der Waals surface area contributed by atoms with E-state index in [2.05, 4.69) is 24.4 Å². The zero-order valence-electron chi connectivity index (χ0n) is 8.25. The van der Waals surface area contributed by atoms with Crippen molar-refractivity contribution in [3.8, 4) is 0 Å². The van der Waals surface area contributed by atoms with Crippen LogP contribution in [0.1, 0.15) is 12.5 Å². The van der Waals surface area contributed by atoms with Crippen LogP contribution in [0.15, 0.2) is 24.3 Å². The molecule has 0 spiro atoms. The summed E-state index contributed by atoms with van der Waals surface area (Å²) in [5.41, 5.74) is 2.38. The Balaban J connectivity index is 2.45. The lowest BCUT2D eigenvalue weighted by molar-refractivity contribution is 0.244. The van der Waals surface area contributed by atoms with Gasteiger partial charge in [-0.25, -0.2) is 0 Å². The van der Waals surface area contributed by atoms with Gasteiger partial charge in [-0.15, -0.1) is 0 Å². The second-order valence-electron chi connectivity index (χ2n) is 3.54. The van der Waals surface area contributed by atoms with Crippen molar-refractivity contribution in [1.29, 1.82) is 0 Å². The normalized spacial score (nSPS) is 12.5. The van der Waals surface area contributed by atoms with Crippen molar-refractivity contribution in [1.82, 2.24) is 0 Å². The standard InChI is InChI=1S/C11H17NO/c1-9-4-3-5-11(6-9)12-7-10(2)8-13/h3-6,10,12-13H,7-8H2,1-2H3. The van der Waals surface area contributed by atoms with Crippen molar-refractivity contribution < 1.29 is 5.11 Å². The molecule has 0 aromatic heterocycles. The summed E-state index contributed by atoms with van der Waals surface area (Å²) >= 11 is 0. The van der Waals surface area contributed by atoms with Gasteiger partial charge in [0.1, 0.15) is 0 Å². The van der Waals surface area contributed by atoms with Gasteiger partial charge in [0.25, 0.3) is 0 Å². The average Bonchev–Trinajstić information content (AvgIpc) is 2.14. The van der Waals surface area contributed by atoms with Gasteiger partial charge < -0.3 is 10.4 Å². The van der Waals surface area contributed by atoms with E-state index in [9.17, 15) is 0 Å². The maximum absolute atomic E-state index is 8.83. The van der Waals surface area contributed by atoms with E-state index < -0.39 is 0 Å². The molecule has 0 heterocycles. The molecule has 1 unspecified atom stereocenters. The molecular weight excluding hydrogens is 162 g/mol. The van der Waals surface area contributed by atoms with Gasteiger partial charge in [-0.2, -0.15) is 0 Å². The van der Waals surface area contributed by atoms with Crippen LogP contribution in [0.4, 0.5) is 5.69 Å². The average molecular weight is 179 g/mol. The van der Waals surface area contributed by atoms with Crippen LogP contribution in [0.25, 0.3) is 0 Å². The van der Waals surface area contributed by atoms with Gasteiger partial charge >= 0.3 is 0 Å². The first-order valence-corrected chi connectivity index (χ1v) is 4.63. The number of nitrogens with one attached hydrogen (secondary N) is 1. The summed E-state index contributed by atoms with van der Waals surface area (Å²) in [6, 6.07) is 8.24. The summed E-state index contributed by atoms with van der Waals surface area (Å²) in [5, 5.41) is 12.1.